The molecule has 1 N–H and O–H groups in total. The highest BCUT2D eigenvalue weighted by molar-refractivity contribution is 5.95. The van der Waals surface area contributed by atoms with E-state index >= 15 is 0 Å². The highest BCUT2D eigenvalue weighted by Crippen LogP contribution is 2.34. The van der Waals surface area contributed by atoms with E-state index in [1.54, 1.807) is 10.7 Å². The molecule has 4 heterocycles. The number of aryl methyl sites for hydroxylation is 1. The van der Waals surface area contributed by atoms with Crippen LogP contribution >= 0.6 is 0 Å². The Balaban J connectivity index is 1.47. The summed E-state index contributed by atoms with van der Waals surface area (Å²) in [4.78, 5) is 23.6. The van der Waals surface area contributed by atoms with Crippen molar-refractivity contribution in [2.75, 3.05) is 19.6 Å². The summed E-state index contributed by atoms with van der Waals surface area (Å²) in [6, 6.07) is 10.3. The van der Waals surface area contributed by atoms with Gasteiger partial charge in [-0.1, -0.05) is 12.1 Å². The molecular weight excluding hydrogens is 457 g/mol. The molecule has 2 saturated heterocycles. The summed E-state index contributed by atoms with van der Waals surface area (Å²) in [5.74, 6) is -0.264. The van der Waals surface area contributed by atoms with Gasteiger partial charge in [-0.15, -0.1) is 0 Å². The molecule has 1 spiro atoms. The number of aromatic nitrogens is 4. The lowest BCUT2D eigenvalue weighted by Gasteiger charge is -2.24. The molecule has 0 saturated carbocycles. The van der Waals surface area contributed by atoms with Gasteiger partial charge in [0.2, 0.25) is 5.69 Å². The van der Waals surface area contributed by atoms with Crippen molar-refractivity contribution in [3.05, 3.63) is 71.2 Å². The van der Waals surface area contributed by atoms with Crippen LogP contribution in [0, 0.1) is 19.3 Å². The van der Waals surface area contributed by atoms with E-state index in [1.807, 2.05) is 47.8 Å². The maximum atomic E-state index is 14.6. The molecule has 0 radical (unpaired) electrons. The van der Waals surface area contributed by atoms with Gasteiger partial charge < -0.3 is 10.2 Å². The standard InChI is InChI=1S/C27H26FN7O/c1-17-24(26(36)34-12-10-27(16-34)9-4-11-30-27)31-25(18-5-7-23(29-2)21(28)14-18)35(17)20-6-8-22-19(13-20)15-33(3)32-22/h5-8,13-15,30H,4,9-12,16H2,1,3H3. The predicted molar refractivity (Wildman–Crippen MR) is 135 cm³/mol. The Hall–Kier alpha value is -4.03. The van der Waals surface area contributed by atoms with Gasteiger partial charge in [-0.05, 0) is 57.0 Å². The second-order valence-corrected chi connectivity index (χ2v) is 9.82. The molecule has 2 aromatic carbocycles. The number of halogens is 1. The van der Waals surface area contributed by atoms with Crippen LogP contribution in [-0.2, 0) is 7.05 Å². The average molecular weight is 484 g/mol. The van der Waals surface area contributed by atoms with E-state index < -0.39 is 5.82 Å². The summed E-state index contributed by atoms with van der Waals surface area (Å²) < 4.78 is 18.3. The second kappa shape index (κ2) is 8.28. The van der Waals surface area contributed by atoms with E-state index in [0.29, 0.717) is 35.9 Å². The van der Waals surface area contributed by atoms with Crippen molar-refractivity contribution in [1.29, 1.82) is 0 Å². The molecule has 2 aliphatic heterocycles. The van der Waals surface area contributed by atoms with E-state index in [9.17, 15) is 9.18 Å². The van der Waals surface area contributed by atoms with E-state index in [0.717, 1.165) is 42.4 Å². The Bertz CT molecular complexity index is 1550. The third kappa shape index (κ3) is 3.57. The van der Waals surface area contributed by atoms with Crippen molar-refractivity contribution in [1.82, 2.24) is 29.5 Å². The lowest BCUT2D eigenvalue weighted by Crippen LogP contribution is -2.43. The van der Waals surface area contributed by atoms with Crippen molar-refractivity contribution >= 4 is 22.5 Å². The number of nitrogens with one attached hydrogen (secondary N) is 1. The minimum atomic E-state index is -0.612. The maximum Gasteiger partial charge on any atom is 0.274 e. The lowest BCUT2D eigenvalue weighted by molar-refractivity contribution is 0.0775. The molecule has 182 valence electrons. The molecular formula is C27H26FN7O. The van der Waals surface area contributed by atoms with E-state index in [2.05, 4.69) is 15.3 Å². The Morgan fingerprint density at radius 1 is 1.22 bits per heavy atom. The molecule has 2 aliphatic rings. The summed E-state index contributed by atoms with van der Waals surface area (Å²) in [5.41, 5.74) is 3.18. The molecule has 4 aromatic rings. The van der Waals surface area contributed by atoms with Crippen LogP contribution in [0.25, 0.3) is 32.8 Å². The van der Waals surface area contributed by atoms with E-state index in [4.69, 9.17) is 11.6 Å². The van der Waals surface area contributed by atoms with Crippen LogP contribution in [0.15, 0.2) is 42.6 Å². The summed E-state index contributed by atoms with van der Waals surface area (Å²) in [6.45, 7) is 11.4. The number of likely N-dealkylation sites (tertiary alicyclic amines) is 1. The third-order valence-electron chi connectivity index (χ3n) is 7.47. The van der Waals surface area contributed by atoms with Crippen LogP contribution in [0.2, 0.25) is 0 Å². The summed E-state index contributed by atoms with van der Waals surface area (Å²) in [7, 11) is 1.87. The second-order valence-electron chi connectivity index (χ2n) is 9.82. The van der Waals surface area contributed by atoms with Crippen LogP contribution in [0.3, 0.4) is 0 Å². The number of fused-ring (bicyclic) bond motifs is 1. The summed E-state index contributed by atoms with van der Waals surface area (Å²) in [5, 5.41) is 8.99. The molecule has 2 fully saturated rings. The predicted octanol–water partition coefficient (Wildman–Crippen LogP) is 4.39. The molecule has 9 heteroatoms. The molecule has 2 aromatic heterocycles. The Morgan fingerprint density at radius 2 is 2.08 bits per heavy atom. The lowest BCUT2D eigenvalue weighted by atomic mass is 9.97. The van der Waals surface area contributed by atoms with Crippen molar-refractivity contribution in [3.8, 4) is 17.1 Å². The molecule has 1 amide bonds. The van der Waals surface area contributed by atoms with Gasteiger partial charge in [0.25, 0.3) is 5.91 Å². The zero-order chi connectivity index (χ0) is 25.0. The number of hydrogen-bond donors (Lipinski definition) is 1. The van der Waals surface area contributed by atoms with Gasteiger partial charge in [-0.25, -0.2) is 14.2 Å². The Labute approximate surface area is 208 Å². The molecule has 0 bridgehead atoms. The number of rotatable bonds is 3. The van der Waals surface area contributed by atoms with Crippen LogP contribution in [0.5, 0.6) is 0 Å². The Kier molecular flexibility index (Phi) is 5.16. The summed E-state index contributed by atoms with van der Waals surface area (Å²) in [6.07, 6.45) is 5.07. The van der Waals surface area contributed by atoms with Crippen LogP contribution in [0.4, 0.5) is 10.1 Å². The van der Waals surface area contributed by atoms with Gasteiger partial charge >= 0.3 is 0 Å². The average Bonchev–Trinajstić information content (AvgIpc) is 3.65. The minimum Gasteiger partial charge on any atom is -0.335 e. The number of carbonyl (C=O) groups is 1. The molecule has 8 nitrogen and oxygen atoms in total. The number of hydrogen-bond acceptors (Lipinski definition) is 4. The number of benzene rings is 2. The summed E-state index contributed by atoms with van der Waals surface area (Å²) >= 11 is 0. The van der Waals surface area contributed by atoms with Crippen LogP contribution in [-0.4, -0.2) is 55.3 Å². The van der Waals surface area contributed by atoms with E-state index in [1.165, 1.54) is 12.1 Å². The Morgan fingerprint density at radius 3 is 2.83 bits per heavy atom. The molecule has 0 aliphatic carbocycles. The number of nitrogens with zero attached hydrogens (tertiary/aromatic N) is 6. The smallest absolute Gasteiger partial charge is 0.274 e. The first-order chi connectivity index (χ1) is 17.4. The molecule has 1 atom stereocenters. The maximum absolute atomic E-state index is 14.6. The van der Waals surface area contributed by atoms with Crippen molar-refractivity contribution in [3.63, 3.8) is 0 Å². The van der Waals surface area contributed by atoms with Gasteiger partial charge in [0.05, 0.1) is 17.8 Å². The quantitative estimate of drug-likeness (QED) is 0.439. The van der Waals surface area contributed by atoms with Gasteiger partial charge in [0.1, 0.15) is 17.3 Å². The van der Waals surface area contributed by atoms with Gasteiger partial charge in [-0.3, -0.25) is 14.0 Å². The van der Waals surface area contributed by atoms with Crippen molar-refractivity contribution in [2.45, 2.75) is 31.7 Å². The minimum absolute atomic E-state index is 0.0129. The number of imidazole rings is 1. The topological polar surface area (TPSA) is 72.3 Å². The van der Waals surface area contributed by atoms with Crippen LogP contribution < -0.4 is 5.32 Å². The van der Waals surface area contributed by atoms with Gasteiger partial charge in [-0.2, -0.15) is 5.10 Å². The fourth-order valence-electron chi connectivity index (χ4n) is 5.64. The third-order valence-corrected chi connectivity index (χ3v) is 7.47. The van der Waals surface area contributed by atoms with Crippen molar-refractivity contribution < 1.29 is 9.18 Å². The van der Waals surface area contributed by atoms with Crippen LogP contribution in [0.1, 0.15) is 35.4 Å². The molecule has 1 unspecified atom stereocenters. The van der Waals surface area contributed by atoms with Crippen molar-refractivity contribution in [2.24, 2.45) is 7.05 Å². The first-order valence-electron chi connectivity index (χ1n) is 12.1. The zero-order valence-corrected chi connectivity index (χ0v) is 20.3. The molecule has 6 rings (SSSR count). The molecule has 36 heavy (non-hydrogen) atoms. The number of amides is 1. The first-order valence-corrected chi connectivity index (χ1v) is 12.1. The van der Waals surface area contributed by atoms with Gasteiger partial charge in [0.15, 0.2) is 0 Å². The number of carbonyl (C=O) groups excluding carboxylic acids is 1. The monoisotopic (exact) mass is 483 g/mol. The highest BCUT2D eigenvalue weighted by atomic mass is 19.1. The van der Waals surface area contributed by atoms with Gasteiger partial charge in [0, 0.05) is 48.5 Å². The normalized spacial score (nSPS) is 19.4. The fraction of sp³-hybridized carbons (Fsp3) is 0.333. The largest absolute Gasteiger partial charge is 0.335 e. The first kappa shape index (κ1) is 22.4. The SMILES string of the molecule is [C-]#[N+]c1ccc(-c2nc(C(=O)N3CCC4(CCCN4)C3)c(C)n2-c2ccc3nn(C)cc3c2)cc1F. The van der Waals surface area contributed by atoms with E-state index in [-0.39, 0.29) is 17.1 Å². The highest BCUT2D eigenvalue weighted by Gasteiger charge is 2.42. The fourth-order valence-corrected chi connectivity index (χ4v) is 5.64. The zero-order valence-electron chi connectivity index (χ0n) is 20.3.